The van der Waals surface area contributed by atoms with Crippen molar-refractivity contribution in [3.63, 3.8) is 0 Å². The molecule has 0 radical (unpaired) electrons. The van der Waals surface area contributed by atoms with Crippen molar-refractivity contribution < 1.29 is 0 Å². The molecular weight excluding hydrogens is 486 g/mol. The zero-order valence-electron chi connectivity index (χ0n) is 21.6. The van der Waals surface area contributed by atoms with Gasteiger partial charge in [0.1, 0.15) is 0 Å². The molecule has 0 fully saturated rings. The maximum Gasteiger partial charge on any atom is 0.0992 e. The van der Waals surface area contributed by atoms with Gasteiger partial charge in [0.15, 0.2) is 0 Å². The first-order valence-electron chi connectivity index (χ1n) is 13.4. The van der Waals surface area contributed by atoms with Gasteiger partial charge in [0.25, 0.3) is 0 Å². The molecule has 0 atom stereocenters. The van der Waals surface area contributed by atoms with Crippen LogP contribution in [0, 0.1) is 11.3 Å². The van der Waals surface area contributed by atoms with Crippen LogP contribution in [-0.4, -0.2) is 9.13 Å². The fourth-order valence-electron chi connectivity index (χ4n) is 6.30. The molecule has 8 aromatic rings. The fourth-order valence-corrected chi connectivity index (χ4v) is 6.30. The molecule has 8 rings (SSSR count). The van der Waals surface area contributed by atoms with Gasteiger partial charge in [-0.2, -0.15) is 5.26 Å². The normalized spacial score (nSPS) is 11.5. The van der Waals surface area contributed by atoms with Crippen molar-refractivity contribution in [2.45, 2.75) is 0 Å². The number of nitrogens with zero attached hydrogens (tertiary/aromatic N) is 3. The van der Waals surface area contributed by atoms with Gasteiger partial charge in [-0.15, -0.1) is 0 Å². The van der Waals surface area contributed by atoms with Crippen molar-refractivity contribution in [3.05, 3.63) is 145 Å². The minimum atomic E-state index is 0.646. The number of benzene rings is 6. The Bertz CT molecular complexity index is 2280. The minimum absolute atomic E-state index is 0.646. The van der Waals surface area contributed by atoms with Crippen LogP contribution in [0.1, 0.15) is 5.56 Å². The van der Waals surface area contributed by atoms with Crippen LogP contribution in [0.3, 0.4) is 0 Å². The Balaban J connectivity index is 1.56. The average Bonchev–Trinajstić information content (AvgIpc) is 3.55. The van der Waals surface area contributed by atoms with E-state index in [0.29, 0.717) is 5.56 Å². The highest BCUT2D eigenvalue weighted by Crippen LogP contribution is 2.43. The lowest BCUT2D eigenvalue weighted by Crippen LogP contribution is -1.98. The lowest BCUT2D eigenvalue weighted by atomic mass is 9.99. The Morgan fingerprint density at radius 3 is 1.50 bits per heavy atom. The number of rotatable bonds is 3. The molecule has 0 N–H and O–H groups in total. The second-order valence-corrected chi connectivity index (χ2v) is 10.1. The maximum absolute atomic E-state index is 9.68. The Hall–Kier alpha value is -5.59. The summed E-state index contributed by atoms with van der Waals surface area (Å²) in [6.07, 6.45) is 0. The van der Waals surface area contributed by atoms with Gasteiger partial charge in [0.05, 0.1) is 33.7 Å². The van der Waals surface area contributed by atoms with Crippen LogP contribution in [0.4, 0.5) is 0 Å². The standard InChI is InChI=1S/C37H23N3/c38-24-25-11-8-14-27(23-25)40-35-22-7-5-16-29(35)31-18-10-20-33(37(31)40)32-19-9-17-30-28-15-4-6-21-34(28)39(36(30)32)26-12-2-1-3-13-26/h1-23H. The molecule has 0 amide bonds. The van der Waals surface area contributed by atoms with Gasteiger partial charge in [0.2, 0.25) is 0 Å². The summed E-state index contributed by atoms with van der Waals surface area (Å²) in [5.41, 5.74) is 9.71. The van der Waals surface area contributed by atoms with Crippen molar-refractivity contribution in [2.24, 2.45) is 0 Å². The Kier molecular flexibility index (Phi) is 4.89. The second kappa shape index (κ2) is 8.73. The van der Waals surface area contributed by atoms with Crippen LogP contribution < -0.4 is 0 Å². The molecule has 0 aliphatic rings. The van der Waals surface area contributed by atoms with E-state index in [1.54, 1.807) is 0 Å². The Morgan fingerprint density at radius 1 is 0.425 bits per heavy atom. The van der Waals surface area contributed by atoms with E-state index in [9.17, 15) is 5.26 Å². The van der Waals surface area contributed by atoms with Crippen LogP contribution in [-0.2, 0) is 0 Å². The molecule has 0 unspecified atom stereocenters. The third-order valence-corrected chi connectivity index (χ3v) is 7.93. The van der Waals surface area contributed by atoms with Crippen molar-refractivity contribution in [1.29, 1.82) is 5.26 Å². The zero-order chi connectivity index (χ0) is 26.6. The molecular formula is C37H23N3. The molecule has 2 heterocycles. The largest absolute Gasteiger partial charge is 0.309 e. The maximum atomic E-state index is 9.68. The van der Waals surface area contributed by atoms with Gasteiger partial charge in [-0.25, -0.2) is 0 Å². The van der Waals surface area contributed by atoms with Crippen molar-refractivity contribution in [2.75, 3.05) is 0 Å². The SMILES string of the molecule is N#Cc1cccc(-n2c3ccccc3c3cccc(-c4cccc5c6ccccc6n(-c6ccccc6)c45)c32)c1. The van der Waals surface area contributed by atoms with Crippen molar-refractivity contribution in [1.82, 2.24) is 9.13 Å². The highest BCUT2D eigenvalue weighted by molar-refractivity contribution is 6.19. The summed E-state index contributed by atoms with van der Waals surface area (Å²) in [5.74, 6) is 0. The number of hydrogen-bond donors (Lipinski definition) is 0. The molecule has 0 aliphatic heterocycles. The predicted octanol–water partition coefficient (Wildman–Crippen LogP) is 9.42. The highest BCUT2D eigenvalue weighted by Gasteiger charge is 2.21. The number of aromatic nitrogens is 2. The third-order valence-electron chi connectivity index (χ3n) is 7.93. The summed E-state index contributed by atoms with van der Waals surface area (Å²) in [7, 11) is 0. The van der Waals surface area contributed by atoms with Gasteiger partial charge < -0.3 is 9.13 Å². The van der Waals surface area contributed by atoms with Gasteiger partial charge >= 0.3 is 0 Å². The number of hydrogen-bond acceptors (Lipinski definition) is 1. The first-order valence-corrected chi connectivity index (χ1v) is 13.4. The van der Waals surface area contributed by atoms with E-state index in [4.69, 9.17) is 0 Å². The molecule has 40 heavy (non-hydrogen) atoms. The average molecular weight is 510 g/mol. The summed E-state index contributed by atoms with van der Waals surface area (Å²) in [6, 6.07) is 51.2. The molecule has 6 aromatic carbocycles. The number of fused-ring (bicyclic) bond motifs is 6. The van der Waals surface area contributed by atoms with E-state index in [1.165, 1.54) is 38.1 Å². The van der Waals surface area contributed by atoms with E-state index in [-0.39, 0.29) is 0 Å². The molecule has 0 aliphatic carbocycles. The molecule has 2 aromatic heterocycles. The first-order chi connectivity index (χ1) is 19.8. The van der Waals surface area contributed by atoms with E-state index < -0.39 is 0 Å². The smallest absolute Gasteiger partial charge is 0.0992 e. The fraction of sp³-hybridized carbons (Fsp3) is 0. The van der Waals surface area contributed by atoms with Crippen LogP contribution in [0.2, 0.25) is 0 Å². The summed E-state index contributed by atoms with van der Waals surface area (Å²) < 4.78 is 4.71. The summed E-state index contributed by atoms with van der Waals surface area (Å²) in [6.45, 7) is 0. The Morgan fingerprint density at radius 2 is 0.900 bits per heavy atom. The monoisotopic (exact) mass is 509 g/mol. The third kappa shape index (κ3) is 3.17. The predicted molar refractivity (Wildman–Crippen MR) is 165 cm³/mol. The molecule has 0 bridgehead atoms. The highest BCUT2D eigenvalue weighted by atomic mass is 15.0. The molecule has 0 saturated carbocycles. The van der Waals surface area contributed by atoms with Gasteiger partial charge in [-0.05, 0) is 42.5 Å². The van der Waals surface area contributed by atoms with Gasteiger partial charge in [-0.1, -0.05) is 97.1 Å². The van der Waals surface area contributed by atoms with Crippen LogP contribution in [0.15, 0.2) is 140 Å². The van der Waals surface area contributed by atoms with Gasteiger partial charge in [-0.3, -0.25) is 0 Å². The molecule has 0 saturated heterocycles. The lowest BCUT2D eigenvalue weighted by molar-refractivity contribution is 1.17. The molecule has 0 spiro atoms. The molecule has 3 heteroatoms. The van der Waals surface area contributed by atoms with Gasteiger partial charge in [0, 0.05) is 44.0 Å². The van der Waals surface area contributed by atoms with Crippen LogP contribution in [0.5, 0.6) is 0 Å². The summed E-state index contributed by atoms with van der Waals surface area (Å²) in [4.78, 5) is 0. The van der Waals surface area contributed by atoms with Crippen LogP contribution >= 0.6 is 0 Å². The van der Waals surface area contributed by atoms with Crippen molar-refractivity contribution >= 4 is 43.6 Å². The molecule has 3 nitrogen and oxygen atoms in total. The zero-order valence-corrected chi connectivity index (χ0v) is 21.6. The van der Waals surface area contributed by atoms with E-state index in [0.717, 1.165) is 28.0 Å². The minimum Gasteiger partial charge on any atom is -0.309 e. The van der Waals surface area contributed by atoms with E-state index in [2.05, 4.69) is 137 Å². The van der Waals surface area contributed by atoms with Crippen molar-refractivity contribution in [3.8, 4) is 28.6 Å². The van der Waals surface area contributed by atoms with E-state index >= 15 is 0 Å². The topological polar surface area (TPSA) is 33.6 Å². The van der Waals surface area contributed by atoms with E-state index in [1.807, 2.05) is 18.2 Å². The number of nitriles is 1. The summed E-state index contributed by atoms with van der Waals surface area (Å²) >= 11 is 0. The second-order valence-electron chi connectivity index (χ2n) is 10.1. The summed E-state index contributed by atoms with van der Waals surface area (Å²) in [5, 5.41) is 14.5. The van der Waals surface area contributed by atoms with Crippen LogP contribution in [0.25, 0.3) is 66.1 Å². The lowest BCUT2D eigenvalue weighted by Gasteiger charge is -2.15. The first kappa shape index (κ1) is 22.4. The Labute approximate surface area is 231 Å². The quantitative estimate of drug-likeness (QED) is 0.233. The number of para-hydroxylation sites is 5. The molecule has 186 valence electrons.